The van der Waals surface area contributed by atoms with E-state index in [4.69, 9.17) is 4.98 Å². The van der Waals surface area contributed by atoms with Gasteiger partial charge in [-0.2, -0.15) is 5.10 Å². The standard InChI is InChI=1S/C20H19N7O2S2/c1-10-4-5-13(6-11(10)2)27-17-15(8-21-27)18(29)26-14(9-30-20(26)23-17)7-16(28)22-19-25-24-12(3)31-19/h4-6,8,14H,7,9H2,1-3H3,(H,22,25,28). The van der Waals surface area contributed by atoms with Gasteiger partial charge in [0, 0.05) is 12.2 Å². The Morgan fingerprint density at radius 3 is 2.81 bits per heavy atom. The zero-order valence-corrected chi connectivity index (χ0v) is 18.8. The summed E-state index contributed by atoms with van der Waals surface area (Å²) < 4.78 is 3.31. The Morgan fingerprint density at radius 2 is 2.06 bits per heavy atom. The van der Waals surface area contributed by atoms with Gasteiger partial charge >= 0.3 is 0 Å². The average molecular weight is 454 g/mol. The largest absolute Gasteiger partial charge is 0.300 e. The molecule has 1 atom stereocenters. The van der Waals surface area contributed by atoms with E-state index >= 15 is 0 Å². The molecular formula is C20H19N7O2S2. The number of aromatic nitrogens is 6. The molecule has 31 heavy (non-hydrogen) atoms. The van der Waals surface area contributed by atoms with Crippen LogP contribution in [0.3, 0.4) is 0 Å². The maximum Gasteiger partial charge on any atom is 0.265 e. The highest BCUT2D eigenvalue weighted by atomic mass is 32.2. The number of hydrogen-bond donors (Lipinski definition) is 1. The van der Waals surface area contributed by atoms with Gasteiger partial charge in [0.25, 0.3) is 5.56 Å². The highest BCUT2D eigenvalue weighted by Crippen LogP contribution is 2.33. The van der Waals surface area contributed by atoms with Gasteiger partial charge in [0.05, 0.1) is 17.9 Å². The third-order valence-corrected chi connectivity index (χ3v) is 7.15. The SMILES string of the molecule is Cc1nnc(NC(=O)CC2CSc3nc4c(cnn4-c4ccc(C)c(C)c4)c(=O)n32)s1. The number of carbonyl (C=O) groups is 1. The number of fused-ring (bicyclic) bond motifs is 2. The van der Waals surface area contributed by atoms with E-state index in [0.717, 1.165) is 16.3 Å². The Bertz CT molecular complexity index is 1390. The summed E-state index contributed by atoms with van der Waals surface area (Å²) in [7, 11) is 0. The van der Waals surface area contributed by atoms with E-state index in [1.165, 1.54) is 28.7 Å². The summed E-state index contributed by atoms with van der Waals surface area (Å²) >= 11 is 2.79. The van der Waals surface area contributed by atoms with Gasteiger partial charge in [0.1, 0.15) is 10.4 Å². The molecule has 1 aliphatic rings. The van der Waals surface area contributed by atoms with Crippen LogP contribution in [-0.4, -0.2) is 41.2 Å². The van der Waals surface area contributed by atoms with Crippen LogP contribution in [0, 0.1) is 20.8 Å². The molecule has 0 aliphatic carbocycles. The van der Waals surface area contributed by atoms with E-state index in [1.807, 2.05) is 32.0 Å². The fourth-order valence-corrected chi connectivity index (χ4v) is 5.30. The second-order valence-corrected chi connectivity index (χ2v) is 9.64. The molecule has 1 amide bonds. The second-order valence-electron chi connectivity index (χ2n) is 7.48. The molecule has 1 N–H and O–H groups in total. The Hall–Kier alpha value is -3.05. The highest BCUT2D eigenvalue weighted by molar-refractivity contribution is 7.99. The van der Waals surface area contributed by atoms with E-state index in [1.54, 1.807) is 15.4 Å². The lowest BCUT2D eigenvalue weighted by Crippen LogP contribution is -2.27. The lowest BCUT2D eigenvalue weighted by Gasteiger charge is -2.13. The molecule has 0 bridgehead atoms. The van der Waals surface area contributed by atoms with Crippen molar-refractivity contribution in [3.8, 4) is 5.69 Å². The molecule has 0 radical (unpaired) electrons. The second kappa shape index (κ2) is 7.57. The van der Waals surface area contributed by atoms with Gasteiger partial charge in [-0.05, 0) is 44.0 Å². The summed E-state index contributed by atoms with van der Waals surface area (Å²) in [6.07, 6.45) is 1.72. The van der Waals surface area contributed by atoms with Crippen LogP contribution in [0.15, 0.2) is 34.3 Å². The Kier molecular flexibility index (Phi) is 4.86. The van der Waals surface area contributed by atoms with Gasteiger partial charge < -0.3 is 5.32 Å². The number of anilines is 1. The minimum absolute atomic E-state index is 0.164. The van der Waals surface area contributed by atoms with Crippen molar-refractivity contribution in [3.63, 3.8) is 0 Å². The number of hydrogen-bond acceptors (Lipinski definition) is 8. The summed E-state index contributed by atoms with van der Waals surface area (Å²) in [5.41, 5.74) is 3.55. The lowest BCUT2D eigenvalue weighted by molar-refractivity contribution is -0.116. The summed E-state index contributed by atoms with van der Waals surface area (Å²) in [6.45, 7) is 5.92. The first-order chi connectivity index (χ1) is 14.9. The van der Waals surface area contributed by atoms with Crippen LogP contribution in [-0.2, 0) is 4.79 Å². The number of thioether (sulfide) groups is 1. The first-order valence-corrected chi connectivity index (χ1v) is 11.5. The molecule has 1 aliphatic heterocycles. The van der Waals surface area contributed by atoms with Gasteiger partial charge in [-0.25, -0.2) is 9.67 Å². The topological polar surface area (TPSA) is 108 Å². The van der Waals surface area contributed by atoms with Crippen LogP contribution >= 0.6 is 23.1 Å². The molecule has 3 aromatic heterocycles. The molecule has 5 rings (SSSR count). The Balaban J connectivity index is 1.47. The highest BCUT2D eigenvalue weighted by Gasteiger charge is 2.30. The maximum atomic E-state index is 13.2. The zero-order valence-electron chi connectivity index (χ0n) is 17.1. The molecule has 4 aromatic rings. The van der Waals surface area contributed by atoms with E-state index in [-0.39, 0.29) is 23.9 Å². The van der Waals surface area contributed by atoms with Gasteiger partial charge in [0.15, 0.2) is 10.8 Å². The first kappa shape index (κ1) is 19.9. The van der Waals surface area contributed by atoms with Crippen molar-refractivity contribution in [1.82, 2.24) is 29.5 Å². The fourth-order valence-electron chi connectivity index (χ4n) is 3.56. The third kappa shape index (κ3) is 3.53. The van der Waals surface area contributed by atoms with E-state index in [0.29, 0.717) is 27.1 Å². The van der Waals surface area contributed by atoms with Crippen molar-refractivity contribution in [3.05, 3.63) is 50.9 Å². The van der Waals surface area contributed by atoms with Crippen molar-refractivity contribution >= 4 is 45.2 Å². The molecular weight excluding hydrogens is 434 g/mol. The van der Waals surface area contributed by atoms with Crippen LogP contribution in [0.2, 0.25) is 0 Å². The predicted octanol–water partition coefficient (Wildman–Crippen LogP) is 3.03. The van der Waals surface area contributed by atoms with Gasteiger partial charge in [-0.1, -0.05) is 29.2 Å². The Morgan fingerprint density at radius 1 is 1.23 bits per heavy atom. The van der Waals surface area contributed by atoms with Crippen LogP contribution in [0.5, 0.6) is 0 Å². The van der Waals surface area contributed by atoms with Crippen LogP contribution in [0.25, 0.3) is 16.7 Å². The number of amides is 1. The molecule has 158 valence electrons. The third-order valence-electron chi connectivity index (χ3n) is 5.30. The van der Waals surface area contributed by atoms with Crippen molar-refractivity contribution in [2.45, 2.75) is 38.4 Å². The van der Waals surface area contributed by atoms with E-state index in [9.17, 15) is 9.59 Å². The predicted molar refractivity (Wildman–Crippen MR) is 120 cm³/mol. The zero-order chi connectivity index (χ0) is 21.7. The number of rotatable bonds is 4. The van der Waals surface area contributed by atoms with Crippen molar-refractivity contribution in [1.29, 1.82) is 0 Å². The lowest BCUT2D eigenvalue weighted by atomic mass is 10.1. The smallest absolute Gasteiger partial charge is 0.265 e. The van der Waals surface area contributed by atoms with Crippen LogP contribution in [0.1, 0.15) is 28.6 Å². The van der Waals surface area contributed by atoms with Gasteiger partial charge in [-0.3, -0.25) is 14.2 Å². The van der Waals surface area contributed by atoms with Crippen molar-refractivity contribution in [2.24, 2.45) is 0 Å². The van der Waals surface area contributed by atoms with Crippen molar-refractivity contribution < 1.29 is 4.79 Å². The fraction of sp³-hybridized carbons (Fsp3) is 0.300. The number of benzene rings is 1. The minimum Gasteiger partial charge on any atom is -0.300 e. The minimum atomic E-state index is -0.275. The summed E-state index contributed by atoms with van der Waals surface area (Å²) in [5, 5.41) is 17.3. The van der Waals surface area contributed by atoms with Crippen LogP contribution in [0.4, 0.5) is 5.13 Å². The first-order valence-electron chi connectivity index (χ1n) is 9.71. The van der Waals surface area contributed by atoms with Crippen LogP contribution < -0.4 is 10.9 Å². The molecule has 0 fully saturated rings. The molecule has 0 saturated heterocycles. The quantitative estimate of drug-likeness (QED) is 0.473. The normalized spacial score (nSPS) is 15.4. The molecule has 11 heteroatoms. The maximum absolute atomic E-state index is 13.2. The van der Waals surface area contributed by atoms with E-state index in [2.05, 4.69) is 27.5 Å². The monoisotopic (exact) mass is 453 g/mol. The summed E-state index contributed by atoms with van der Waals surface area (Å²) in [5.74, 6) is 0.404. The summed E-state index contributed by atoms with van der Waals surface area (Å²) in [4.78, 5) is 30.4. The number of nitrogens with one attached hydrogen (secondary N) is 1. The number of aryl methyl sites for hydroxylation is 3. The molecule has 4 heterocycles. The molecule has 0 spiro atoms. The number of carbonyl (C=O) groups excluding carboxylic acids is 1. The van der Waals surface area contributed by atoms with Crippen molar-refractivity contribution in [2.75, 3.05) is 11.1 Å². The number of nitrogens with zero attached hydrogens (tertiary/aromatic N) is 6. The van der Waals surface area contributed by atoms with Gasteiger partial charge in [0.2, 0.25) is 11.0 Å². The average Bonchev–Trinajstić information content (AvgIpc) is 3.44. The Labute approximate surface area is 185 Å². The van der Waals surface area contributed by atoms with E-state index < -0.39 is 0 Å². The summed E-state index contributed by atoms with van der Waals surface area (Å²) in [6, 6.07) is 5.75. The van der Waals surface area contributed by atoms with Gasteiger partial charge in [-0.15, -0.1) is 10.2 Å². The molecule has 9 nitrogen and oxygen atoms in total. The molecule has 1 unspecified atom stereocenters. The molecule has 1 aromatic carbocycles. The molecule has 0 saturated carbocycles.